The second kappa shape index (κ2) is 7.70. The van der Waals surface area contributed by atoms with Crippen molar-refractivity contribution in [2.45, 2.75) is 19.9 Å². The molecule has 0 saturated carbocycles. The SMILES string of the molecule is COCCCOCCn1c(C)ccc(C(=O)O)c1=O. The van der Waals surface area contributed by atoms with Crippen LogP contribution in [-0.4, -0.2) is 42.6 Å². The Morgan fingerprint density at radius 3 is 2.68 bits per heavy atom. The highest BCUT2D eigenvalue weighted by Crippen LogP contribution is 1.99. The highest BCUT2D eigenvalue weighted by molar-refractivity contribution is 5.87. The van der Waals surface area contributed by atoms with E-state index in [0.29, 0.717) is 26.4 Å². The maximum atomic E-state index is 11.9. The molecular formula is C13H19NO5. The lowest BCUT2D eigenvalue weighted by molar-refractivity contribution is 0.0692. The van der Waals surface area contributed by atoms with Crippen LogP contribution in [0.15, 0.2) is 16.9 Å². The van der Waals surface area contributed by atoms with Crippen LogP contribution >= 0.6 is 0 Å². The zero-order chi connectivity index (χ0) is 14.3. The van der Waals surface area contributed by atoms with Crippen molar-refractivity contribution in [1.82, 2.24) is 4.57 Å². The number of pyridine rings is 1. The number of hydrogen-bond donors (Lipinski definition) is 1. The maximum Gasteiger partial charge on any atom is 0.341 e. The van der Waals surface area contributed by atoms with Crippen LogP contribution in [-0.2, 0) is 16.0 Å². The predicted molar refractivity (Wildman–Crippen MR) is 69.7 cm³/mol. The van der Waals surface area contributed by atoms with Gasteiger partial charge in [-0.3, -0.25) is 4.79 Å². The van der Waals surface area contributed by atoms with E-state index >= 15 is 0 Å². The Morgan fingerprint density at radius 1 is 1.32 bits per heavy atom. The third kappa shape index (κ3) is 4.50. The van der Waals surface area contributed by atoms with E-state index in [1.54, 1.807) is 20.1 Å². The van der Waals surface area contributed by atoms with Gasteiger partial charge in [0.25, 0.3) is 5.56 Å². The molecule has 1 heterocycles. The van der Waals surface area contributed by atoms with Crippen molar-refractivity contribution in [2.75, 3.05) is 26.9 Å². The molecule has 6 heteroatoms. The van der Waals surface area contributed by atoms with E-state index in [2.05, 4.69) is 0 Å². The fourth-order valence-corrected chi connectivity index (χ4v) is 1.67. The molecule has 0 aliphatic heterocycles. The normalized spacial score (nSPS) is 10.6. The molecule has 0 fully saturated rings. The number of rotatable bonds is 8. The van der Waals surface area contributed by atoms with Crippen LogP contribution in [0.2, 0.25) is 0 Å². The molecule has 1 rings (SSSR count). The molecule has 1 N–H and O–H groups in total. The van der Waals surface area contributed by atoms with Crippen LogP contribution in [0.5, 0.6) is 0 Å². The summed E-state index contributed by atoms with van der Waals surface area (Å²) in [4.78, 5) is 22.8. The number of carboxylic acid groups (broad SMARTS) is 1. The molecule has 0 aliphatic rings. The zero-order valence-electron chi connectivity index (χ0n) is 11.2. The Kier molecular flexibility index (Phi) is 6.24. The lowest BCUT2D eigenvalue weighted by Crippen LogP contribution is -2.29. The molecule has 0 aliphatic carbocycles. The Balaban J connectivity index is 2.60. The van der Waals surface area contributed by atoms with Crippen molar-refractivity contribution in [3.05, 3.63) is 33.7 Å². The van der Waals surface area contributed by atoms with E-state index in [0.717, 1.165) is 12.1 Å². The Morgan fingerprint density at radius 2 is 2.05 bits per heavy atom. The van der Waals surface area contributed by atoms with E-state index in [1.807, 2.05) is 0 Å². The van der Waals surface area contributed by atoms with Gasteiger partial charge < -0.3 is 19.1 Å². The first-order valence-corrected chi connectivity index (χ1v) is 6.08. The van der Waals surface area contributed by atoms with Crippen molar-refractivity contribution in [3.63, 3.8) is 0 Å². The average molecular weight is 269 g/mol. The van der Waals surface area contributed by atoms with Gasteiger partial charge in [0.2, 0.25) is 0 Å². The van der Waals surface area contributed by atoms with Gasteiger partial charge in [0.15, 0.2) is 0 Å². The first-order valence-electron chi connectivity index (χ1n) is 6.08. The Bertz CT molecular complexity index is 480. The van der Waals surface area contributed by atoms with Crippen LogP contribution in [0.4, 0.5) is 0 Å². The van der Waals surface area contributed by atoms with Gasteiger partial charge in [-0.2, -0.15) is 0 Å². The van der Waals surface area contributed by atoms with Gasteiger partial charge in [-0.05, 0) is 25.5 Å². The summed E-state index contributed by atoms with van der Waals surface area (Å²) in [6.45, 7) is 3.66. The van der Waals surface area contributed by atoms with Gasteiger partial charge >= 0.3 is 5.97 Å². The van der Waals surface area contributed by atoms with Crippen LogP contribution in [0.3, 0.4) is 0 Å². The lowest BCUT2D eigenvalue weighted by atomic mass is 10.2. The molecule has 0 bridgehead atoms. The standard InChI is InChI=1S/C13H19NO5/c1-10-4-5-11(13(16)17)12(15)14(10)6-9-19-8-3-7-18-2/h4-5H,3,6-9H2,1-2H3,(H,16,17). The summed E-state index contributed by atoms with van der Waals surface area (Å²) < 4.78 is 11.7. The summed E-state index contributed by atoms with van der Waals surface area (Å²) in [5, 5.41) is 8.89. The number of methoxy groups -OCH3 is 1. The largest absolute Gasteiger partial charge is 0.477 e. The second-order valence-corrected chi connectivity index (χ2v) is 4.11. The predicted octanol–water partition coefficient (Wildman–Crippen LogP) is 0.908. The van der Waals surface area contributed by atoms with Gasteiger partial charge in [-0.1, -0.05) is 0 Å². The summed E-state index contributed by atoms with van der Waals surface area (Å²) in [5.74, 6) is -1.21. The summed E-state index contributed by atoms with van der Waals surface area (Å²) in [6, 6.07) is 2.95. The highest BCUT2D eigenvalue weighted by Gasteiger charge is 2.11. The van der Waals surface area contributed by atoms with Crippen molar-refractivity contribution in [1.29, 1.82) is 0 Å². The fourth-order valence-electron chi connectivity index (χ4n) is 1.67. The molecule has 0 aromatic carbocycles. The van der Waals surface area contributed by atoms with E-state index in [9.17, 15) is 9.59 Å². The maximum absolute atomic E-state index is 11.9. The first kappa shape index (κ1) is 15.4. The third-order valence-corrected chi connectivity index (χ3v) is 2.72. The minimum Gasteiger partial charge on any atom is -0.477 e. The van der Waals surface area contributed by atoms with Crippen LogP contribution in [0.1, 0.15) is 22.5 Å². The van der Waals surface area contributed by atoms with Crippen molar-refractivity contribution in [3.8, 4) is 0 Å². The molecule has 1 aromatic rings. The summed E-state index contributed by atoms with van der Waals surface area (Å²) in [7, 11) is 1.63. The van der Waals surface area contributed by atoms with Gasteiger partial charge in [0.05, 0.1) is 6.61 Å². The number of hydrogen-bond acceptors (Lipinski definition) is 4. The van der Waals surface area contributed by atoms with E-state index < -0.39 is 11.5 Å². The number of nitrogens with zero attached hydrogens (tertiary/aromatic N) is 1. The number of ether oxygens (including phenoxy) is 2. The van der Waals surface area contributed by atoms with Gasteiger partial charge in [-0.25, -0.2) is 4.79 Å². The number of aromatic carboxylic acids is 1. The Labute approximate surface area is 111 Å². The summed E-state index contributed by atoms with van der Waals surface area (Å²) >= 11 is 0. The molecule has 0 saturated heterocycles. The van der Waals surface area contributed by atoms with E-state index in [1.165, 1.54) is 10.6 Å². The molecule has 0 radical (unpaired) electrons. The van der Waals surface area contributed by atoms with Crippen LogP contribution in [0, 0.1) is 6.92 Å². The van der Waals surface area contributed by atoms with Gasteiger partial charge in [0, 0.05) is 32.6 Å². The quantitative estimate of drug-likeness (QED) is 0.710. The van der Waals surface area contributed by atoms with Crippen molar-refractivity contribution in [2.24, 2.45) is 0 Å². The van der Waals surface area contributed by atoms with E-state index in [4.69, 9.17) is 14.6 Å². The molecule has 0 atom stereocenters. The van der Waals surface area contributed by atoms with Gasteiger partial charge in [-0.15, -0.1) is 0 Å². The molecule has 19 heavy (non-hydrogen) atoms. The minimum atomic E-state index is -1.21. The second-order valence-electron chi connectivity index (χ2n) is 4.11. The average Bonchev–Trinajstić information content (AvgIpc) is 2.36. The number of aryl methyl sites for hydroxylation is 1. The molecule has 106 valence electrons. The molecule has 1 aromatic heterocycles. The highest BCUT2D eigenvalue weighted by atomic mass is 16.5. The lowest BCUT2D eigenvalue weighted by Gasteiger charge is -2.11. The molecule has 0 unspecified atom stereocenters. The van der Waals surface area contributed by atoms with Crippen molar-refractivity contribution < 1.29 is 19.4 Å². The Hall–Kier alpha value is -1.66. The molecule has 6 nitrogen and oxygen atoms in total. The van der Waals surface area contributed by atoms with Crippen molar-refractivity contribution >= 4 is 5.97 Å². The molecular weight excluding hydrogens is 250 g/mol. The van der Waals surface area contributed by atoms with E-state index in [-0.39, 0.29) is 5.56 Å². The monoisotopic (exact) mass is 269 g/mol. The van der Waals surface area contributed by atoms with Crippen LogP contribution < -0.4 is 5.56 Å². The topological polar surface area (TPSA) is 77.8 Å². The number of carboxylic acids is 1. The minimum absolute atomic E-state index is 0.218. The molecule has 0 spiro atoms. The number of aromatic nitrogens is 1. The third-order valence-electron chi connectivity index (χ3n) is 2.72. The van der Waals surface area contributed by atoms with Crippen LogP contribution in [0.25, 0.3) is 0 Å². The summed E-state index contributed by atoms with van der Waals surface area (Å²) in [6.07, 6.45) is 0.791. The summed E-state index contributed by atoms with van der Waals surface area (Å²) in [5.41, 5.74) is 0.00784. The smallest absolute Gasteiger partial charge is 0.341 e. The van der Waals surface area contributed by atoms with Gasteiger partial charge in [0.1, 0.15) is 5.56 Å². The zero-order valence-corrected chi connectivity index (χ0v) is 11.2. The number of carbonyl (C=O) groups is 1. The fraction of sp³-hybridized carbons (Fsp3) is 0.538. The first-order chi connectivity index (χ1) is 9.07. The molecule has 0 amide bonds.